The molecule has 0 bridgehead atoms. The van der Waals surface area contributed by atoms with Crippen LogP contribution in [0, 0.1) is 0 Å². The maximum atomic E-state index is 8.87. The van der Waals surface area contributed by atoms with Gasteiger partial charge in [0.05, 0.1) is 11.9 Å². The van der Waals surface area contributed by atoms with Gasteiger partial charge in [-0.3, -0.25) is 4.98 Å². The van der Waals surface area contributed by atoms with E-state index in [-0.39, 0.29) is 12.6 Å². The summed E-state index contributed by atoms with van der Waals surface area (Å²) in [6.07, 6.45) is 3.21. The van der Waals surface area contributed by atoms with Crippen LogP contribution in [0.25, 0.3) is 0 Å². The number of nitrogens with two attached hydrogens (primary N) is 1. The Morgan fingerprint density at radius 2 is 1.85 bits per heavy atom. The van der Waals surface area contributed by atoms with Gasteiger partial charge in [0.1, 0.15) is 11.5 Å². The van der Waals surface area contributed by atoms with Gasteiger partial charge in [-0.05, 0) is 42.7 Å². The predicted octanol–water partition coefficient (Wildman–Crippen LogP) is 2.82. The van der Waals surface area contributed by atoms with Crippen molar-refractivity contribution in [3.8, 4) is 11.5 Å². The molecule has 0 fully saturated rings. The van der Waals surface area contributed by atoms with E-state index >= 15 is 0 Å². The third kappa shape index (κ3) is 3.79. The largest absolute Gasteiger partial charge is 0.456 e. The molecule has 0 radical (unpaired) electrons. The summed E-state index contributed by atoms with van der Waals surface area (Å²) < 4.78 is 5.71. The number of aliphatic hydroxyl groups excluding tert-OH is 1. The van der Waals surface area contributed by atoms with E-state index in [1.165, 1.54) is 0 Å². The Morgan fingerprint density at radius 3 is 2.40 bits per heavy atom. The monoisotopic (exact) mass is 272 g/mol. The third-order valence-corrected chi connectivity index (χ3v) is 3.14. The number of pyridine rings is 1. The molecule has 1 unspecified atom stereocenters. The number of nitrogens with zero attached hydrogens (tertiary/aromatic N) is 1. The van der Waals surface area contributed by atoms with Gasteiger partial charge in [-0.1, -0.05) is 19.1 Å². The van der Waals surface area contributed by atoms with Crippen molar-refractivity contribution in [1.82, 2.24) is 4.98 Å². The molecule has 2 rings (SSSR count). The first-order valence-corrected chi connectivity index (χ1v) is 6.82. The Labute approximate surface area is 119 Å². The summed E-state index contributed by atoms with van der Waals surface area (Å²) in [6.45, 7) is 2.19. The number of rotatable bonds is 6. The molecule has 0 aliphatic rings. The van der Waals surface area contributed by atoms with Crippen molar-refractivity contribution >= 4 is 0 Å². The second-order valence-corrected chi connectivity index (χ2v) is 4.65. The highest BCUT2D eigenvalue weighted by Crippen LogP contribution is 2.22. The van der Waals surface area contributed by atoms with E-state index in [2.05, 4.69) is 4.98 Å². The first-order valence-electron chi connectivity index (χ1n) is 6.82. The number of hydrogen-bond acceptors (Lipinski definition) is 4. The van der Waals surface area contributed by atoms with Crippen molar-refractivity contribution in [3.63, 3.8) is 0 Å². The molecule has 20 heavy (non-hydrogen) atoms. The molecule has 1 aromatic carbocycles. The van der Waals surface area contributed by atoms with Crippen LogP contribution in [0.1, 0.15) is 30.6 Å². The molecule has 0 saturated heterocycles. The van der Waals surface area contributed by atoms with Crippen LogP contribution >= 0.6 is 0 Å². The third-order valence-electron chi connectivity index (χ3n) is 3.14. The van der Waals surface area contributed by atoms with Crippen molar-refractivity contribution < 1.29 is 9.84 Å². The molecule has 0 amide bonds. The zero-order valence-corrected chi connectivity index (χ0v) is 11.6. The number of aliphatic hydroxyl groups is 1. The minimum absolute atomic E-state index is 0.0261. The Morgan fingerprint density at radius 1 is 1.15 bits per heavy atom. The van der Waals surface area contributed by atoms with Gasteiger partial charge in [0.25, 0.3) is 0 Å². The van der Waals surface area contributed by atoms with Crippen LogP contribution in [0.15, 0.2) is 42.6 Å². The van der Waals surface area contributed by atoms with Crippen LogP contribution in [-0.2, 0) is 6.42 Å². The number of hydrogen-bond donors (Lipinski definition) is 2. The van der Waals surface area contributed by atoms with Crippen LogP contribution in [0.3, 0.4) is 0 Å². The molecule has 4 heteroatoms. The summed E-state index contributed by atoms with van der Waals surface area (Å²) in [5.41, 5.74) is 7.88. The summed E-state index contributed by atoms with van der Waals surface area (Å²) in [5, 5.41) is 8.87. The summed E-state index contributed by atoms with van der Waals surface area (Å²) in [6, 6.07) is 11.4. The zero-order valence-electron chi connectivity index (χ0n) is 11.6. The van der Waals surface area contributed by atoms with Gasteiger partial charge in [0, 0.05) is 12.6 Å². The van der Waals surface area contributed by atoms with Crippen molar-refractivity contribution in [3.05, 3.63) is 53.9 Å². The number of ether oxygens (including phenoxy) is 1. The van der Waals surface area contributed by atoms with Crippen LogP contribution in [0.4, 0.5) is 0 Å². The highest BCUT2D eigenvalue weighted by Gasteiger charge is 2.05. The fraction of sp³-hybridized carbons (Fsp3) is 0.312. The molecular weight excluding hydrogens is 252 g/mol. The van der Waals surface area contributed by atoms with Crippen LogP contribution in [0.5, 0.6) is 11.5 Å². The van der Waals surface area contributed by atoms with E-state index in [0.717, 1.165) is 23.4 Å². The fourth-order valence-electron chi connectivity index (χ4n) is 1.87. The second kappa shape index (κ2) is 7.03. The maximum absolute atomic E-state index is 8.87. The Balaban J connectivity index is 2.02. The summed E-state index contributed by atoms with van der Waals surface area (Å²) in [7, 11) is 0. The van der Waals surface area contributed by atoms with Gasteiger partial charge in [0.15, 0.2) is 0 Å². The Bertz CT molecular complexity index is 523. The minimum atomic E-state index is -0.0261. The number of benzene rings is 1. The molecule has 0 aliphatic heterocycles. The molecule has 1 aromatic heterocycles. The van der Waals surface area contributed by atoms with Crippen LogP contribution in [-0.4, -0.2) is 16.7 Å². The van der Waals surface area contributed by atoms with Crippen LogP contribution in [0.2, 0.25) is 0 Å². The van der Waals surface area contributed by atoms with Crippen molar-refractivity contribution in [2.75, 3.05) is 6.61 Å². The van der Waals surface area contributed by atoms with Gasteiger partial charge in [-0.15, -0.1) is 0 Å². The van der Waals surface area contributed by atoms with E-state index in [4.69, 9.17) is 15.6 Å². The van der Waals surface area contributed by atoms with Gasteiger partial charge in [-0.2, -0.15) is 0 Å². The second-order valence-electron chi connectivity index (χ2n) is 4.65. The average Bonchev–Trinajstić information content (AvgIpc) is 2.49. The average molecular weight is 272 g/mol. The van der Waals surface area contributed by atoms with E-state index < -0.39 is 0 Å². The Hall–Kier alpha value is -1.91. The molecular formula is C16H20N2O2. The van der Waals surface area contributed by atoms with Crippen molar-refractivity contribution in [1.29, 1.82) is 0 Å². The van der Waals surface area contributed by atoms with Gasteiger partial charge in [0.2, 0.25) is 0 Å². The molecule has 0 spiro atoms. The Kier molecular flexibility index (Phi) is 5.09. The van der Waals surface area contributed by atoms with E-state index in [1.807, 2.05) is 43.3 Å². The highest BCUT2D eigenvalue weighted by molar-refractivity contribution is 5.32. The number of aromatic nitrogens is 1. The van der Waals surface area contributed by atoms with Gasteiger partial charge < -0.3 is 15.6 Å². The lowest BCUT2D eigenvalue weighted by Crippen LogP contribution is -2.10. The first kappa shape index (κ1) is 14.5. The molecule has 1 heterocycles. The first-order chi connectivity index (χ1) is 9.72. The van der Waals surface area contributed by atoms with Crippen molar-refractivity contribution in [2.45, 2.75) is 25.8 Å². The normalized spacial score (nSPS) is 12.2. The molecule has 2 aromatic rings. The smallest absolute Gasteiger partial charge is 0.145 e. The molecule has 0 saturated carbocycles. The zero-order chi connectivity index (χ0) is 14.4. The van der Waals surface area contributed by atoms with Gasteiger partial charge in [-0.25, -0.2) is 0 Å². The predicted molar refractivity (Wildman–Crippen MR) is 78.8 cm³/mol. The lowest BCUT2D eigenvalue weighted by atomic mass is 10.1. The summed E-state index contributed by atoms with van der Waals surface area (Å²) in [4.78, 5) is 4.31. The van der Waals surface area contributed by atoms with Crippen LogP contribution < -0.4 is 10.5 Å². The highest BCUT2D eigenvalue weighted by atomic mass is 16.5. The maximum Gasteiger partial charge on any atom is 0.145 e. The van der Waals surface area contributed by atoms with E-state index in [0.29, 0.717) is 12.2 Å². The molecule has 3 N–H and O–H groups in total. The fourth-order valence-corrected chi connectivity index (χ4v) is 1.87. The minimum Gasteiger partial charge on any atom is -0.456 e. The summed E-state index contributed by atoms with van der Waals surface area (Å²) in [5.74, 6) is 1.44. The molecule has 4 nitrogen and oxygen atoms in total. The van der Waals surface area contributed by atoms with Crippen molar-refractivity contribution in [2.24, 2.45) is 5.73 Å². The lowest BCUT2D eigenvalue weighted by Gasteiger charge is -2.10. The molecule has 106 valence electrons. The quantitative estimate of drug-likeness (QED) is 0.848. The van der Waals surface area contributed by atoms with Gasteiger partial charge >= 0.3 is 0 Å². The standard InChI is InChI=1S/C16H20N2O2/c1-2-15(17)16-8-7-14(11-18-16)20-13-5-3-12(4-6-13)9-10-19/h3-8,11,15,19H,2,9-10,17H2,1H3. The molecule has 0 aliphatic carbocycles. The summed E-state index contributed by atoms with van der Waals surface area (Å²) >= 11 is 0. The lowest BCUT2D eigenvalue weighted by molar-refractivity contribution is 0.299. The SMILES string of the molecule is CCC(N)c1ccc(Oc2ccc(CCO)cc2)cn1. The topological polar surface area (TPSA) is 68.4 Å². The van der Waals surface area contributed by atoms with E-state index in [1.54, 1.807) is 6.20 Å². The molecule has 1 atom stereocenters. The van der Waals surface area contributed by atoms with E-state index in [9.17, 15) is 0 Å².